The Morgan fingerprint density at radius 2 is 2.16 bits per heavy atom. The monoisotopic (exact) mass is 359 g/mol. The van der Waals surface area contributed by atoms with E-state index in [1.54, 1.807) is 4.40 Å². The minimum absolute atomic E-state index is 0.105. The highest BCUT2D eigenvalue weighted by molar-refractivity contribution is 7.99. The molecule has 0 bridgehead atoms. The zero-order chi connectivity index (χ0) is 17.5. The number of aromatic nitrogens is 3. The van der Waals surface area contributed by atoms with Gasteiger partial charge in [0.1, 0.15) is 0 Å². The molecule has 0 saturated carbocycles. The van der Waals surface area contributed by atoms with Crippen LogP contribution in [0.4, 0.5) is 4.79 Å². The van der Waals surface area contributed by atoms with Crippen molar-refractivity contribution in [3.8, 4) is 0 Å². The van der Waals surface area contributed by atoms with Crippen LogP contribution in [0.3, 0.4) is 0 Å². The van der Waals surface area contributed by atoms with Gasteiger partial charge in [0.15, 0.2) is 10.8 Å². The molecule has 0 spiro atoms. The third kappa shape index (κ3) is 5.06. The predicted octanol–water partition coefficient (Wildman–Crippen LogP) is 2.54. The van der Waals surface area contributed by atoms with E-state index >= 15 is 0 Å². The number of carbonyl (C=O) groups is 2. The Hall–Kier alpha value is -2.35. The minimum Gasteiger partial charge on any atom is -0.337 e. The molecule has 25 heavy (non-hydrogen) atoms. The van der Waals surface area contributed by atoms with Crippen molar-refractivity contribution < 1.29 is 9.59 Å². The van der Waals surface area contributed by atoms with Crippen LogP contribution in [0.1, 0.15) is 32.1 Å². The van der Waals surface area contributed by atoms with E-state index in [1.165, 1.54) is 30.2 Å². The lowest BCUT2D eigenvalue weighted by Gasteiger charge is -2.13. The summed E-state index contributed by atoms with van der Waals surface area (Å²) in [6, 6.07) is 5.13. The molecule has 0 aromatic carbocycles. The van der Waals surface area contributed by atoms with Crippen LogP contribution in [0, 0.1) is 0 Å². The molecule has 2 aromatic heterocycles. The number of hydrogen-bond donors (Lipinski definition) is 2. The summed E-state index contributed by atoms with van der Waals surface area (Å²) in [6.07, 6.45) is 9.67. The quantitative estimate of drug-likeness (QED) is 0.611. The van der Waals surface area contributed by atoms with E-state index in [9.17, 15) is 9.59 Å². The summed E-state index contributed by atoms with van der Waals surface area (Å²) in [5.74, 6) is -0.249. The average Bonchev–Trinajstić information content (AvgIpc) is 3.04. The van der Waals surface area contributed by atoms with E-state index in [0.29, 0.717) is 11.7 Å². The third-order valence-corrected chi connectivity index (χ3v) is 4.93. The Balaban J connectivity index is 1.38. The molecular formula is C17H21N5O2S. The number of imide groups is 1. The fourth-order valence-electron chi connectivity index (χ4n) is 2.72. The van der Waals surface area contributed by atoms with E-state index in [-0.39, 0.29) is 11.7 Å². The number of amides is 3. The van der Waals surface area contributed by atoms with E-state index in [1.807, 2.05) is 24.4 Å². The van der Waals surface area contributed by atoms with Gasteiger partial charge in [-0.05, 0) is 44.2 Å². The number of nitrogens with zero attached hydrogens (tertiary/aromatic N) is 3. The molecule has 2 heterocycles. The molecule has 2 aromatic rings. The molecule has 0 fully saturated rings. The highest BCUT2D eigenvalue weighted by Gasteiger charge is 2.11. The summed E-state index contributed by atoms with van der Waals surface area (Å²) < 4.78 is 1.80. The molecule has 8 heteroatoms. The van der Waals surface area contributed by atoms with Crippen LogP contribution in [0.15, 0.2) is 41.2 Å². The number of allylic oxidation sites excluding steroid dienone is 1. The van der Waals surface area contributed by atoms with E-state index < -0.39 is 6.03 Å². The Morgan fingerprint density at radius 3 is 3.00 bits per heavy atom. The number of hydrogen-bond acceptors (Lipinski definition) is 5. The highest BCUT2D eigenvalue weighted by Crippen LogP contribution is 2.19. The van der Waals surface area contributed by atoms with Gasteiger partial charge in [-0.25, -0.2) is 4.79 Å². The third-order valence-electron chi connectivity index (χ3n) is 3.98. The molecular weight excluding hydrogens is 338 g/mol. The second kappa shape index (κ2) is 8.66. The van der Waals surface area contributed by atoms with Crippen LogP contribution in [0.5, 0.6) is 0 Å². The summed E-state index contributed by atoms with van der Waals surface area (Å²) >= 11 is 1.24. The standard InChI is InChI=1S/C17H21N5O2S/c23-15(12-25-17-21-20-14-8-4-5-11-22(14)17)19-16(24)18-10-9-13-6-2-1-3-7-13/h4-6,8,11H,1-3,7,9-10,12H2,(H2,18,19,23,24). The van der Waals surface area contributed by atoms with Crippen LogP contribution in [0.2, 0.25) is 0 Å². The number of thioether (sulfide) groups is 1. The normalized spacial score (nSPS) is 14.2. The van der Waals surface area contributed by atoms with E-state index in [0.717, 1.165) is 24.9 Å². The molecule has 1 aliphatic rings. The van der Waals surface area contributed by atoms with Crippen LogP contribution in [0.25, 0.3) is 5.65 Å². The van der Waals surface area contributed by atoms with Crippen LogP contribution < -0.4 is 10.6 Å². The Morgan fingerprint density at radius 1 is 1.24 bits per heavy atom. The van der Waals surface area contributed by atoms with Crippen molar-refractivity contribution in [2.45, 2.75) is 37.3 Å². The van der Waals surface area contributed by atoms with Crippen LogP contribution in [-0.4, -0.2) is 38.8 Å². The maximum Gasteiger partial charge on any atom is 0.321 e. The van der Waals surface area contributed by atoms with Gasteiger partial charge in [0.2, 0.25) is 5.91 Å². The molecule has 0 radical (unpaired) electrons. The van der Waals surface area contributed by atoms with Gasteiger partial charge < -0.3 is 5.32 Å². The van der Waals surface area contributed by atoms with Crippen molar-refractivity contribution in [3.05, 3.63) is 36.0 Å². The molecule has 3 rings (SSSR count). The summed E-state index contributed by atoms with van der Waals surface area (Å²) in [7, 11) is 0. The lowest BCUT2D eigenvalue weighted by atomic mass is 9.97. The number of pyridine rings is 1. The van der Waals surface area contributed by atoms with Gasteiger partial charge in [0, 0.05) is 12.7 Å². The molecule has 0 aliphatic heterocycles. The van der Waals surface area contributed by atoms with Gasteiger partial charge in [0.05, 0.1) is 5.75 Å². The second-order valence-corrected chi connectivity index (χ2v) is 6.80. The van der Waals surface area contributed by atoms with Gasteiger partial charge in [-0.2, -0.15) is 0 Å². The number of fused-ring (bicyclic) bond motifs is 1. The first kappa shape index (κ1) is 17.5. The van der Waals surface area contributed by atoms with Crippen molar-refractivity contribution in [3.63, 3.8) is 0 Å². The van der Waals surface area contributed by atoms with Crippen molar-refractivity contribution in [2.24, 2.45) is 0 Å². The fraction of sp³-hybridized carbons (Fsp3) is 0.412. The first-order chi connectivity index (χ1) is 12.2. The highest BCUT2D eigenvalue weighted by atomic mass is 32.2. The summed E-state index contributed by atoms with van der Waals surface area (Å²) in [5.41, 5.74) is 2.12. The number of rotatable bonds is 6. The molecule has 2 N–H and O–H groups in total. The Bertz CT molecular complexity index is 786. The molecule has 0 atom stereocenters. The van der Waals surface area contributed by atoms with Gasteiger partial charge in [-0.15, -0.1) is 10.2 Å². The van der Waals surface area contributed by atoms with Gasteiger partial charge >= 0.3 is 6.03 Å². The van der Waals surface area contributed by atoms with E-state index in [2.05, 4.69) is 26.9 Å². The van der Waals surface area contributed by atoms with Gasteiger partial charge in [0.25, 0.3) is 0 Å². The van der Waals surface area contributed by atoms with E-state index in [4.69, 9.17) is 0 Å². The van der Waals surface area contributed by atoms with Crippen LogP contribution in [-0.2, 0) is 4.79 Å². The van der Waals surface area contributed by atoms with Crippen molar-refractivity contribution >= 4 is 29.3 Å². The maximum atomic E-state index is 11.9. The van der Waals surface area contributed by atoms with Gasteiger partial charge in [-0.1, -0.05) is 29.5 Å². The zero-order valence-electron chi connectivity index (χ0n) is 13.9. The predicted molar refractivity (Wildman–Crippen MR) is 96.4 cm³/mol. The zero-order valence-corrected chi connectivity index (χ0v) is 14.7. The van der Waals surface area contributed by atoms with Crippen LogP contribution >= 0.6 is 11.8 Å². The molecule has 132 valence electrons. The smallest absolute Gasteiger partial charge is 0.321 e. The summed E-state index contributed by atoms with van der Waals surface area (Å²) in [5, 5.41) is 13.7. The number of carbonyl (C=O) groups excluding carboxylic acids is 2. The first-order valence-corrected chi connectivity index (χ1v) is 9.39. The van der Waals surface area contributed by atoms with Crippen molar-refractivity contribution in [1.82, 2.24) is 25.2 Å². The molecule has 3 amide bonds. The Labute approximate surface area is 150 Å². The molecule has 0 saturated heterocycles. The average molecular weight is 359 g/mol. The molecule has 1 aliphatic carbocycles. The van der Waals surface area contributed by atoms with Crippen molar-refractivity contribution in [1.29, 1.82) is 0 Å². The largest absolute Gasteiger partial charge is 0.337 e. The number of urea groups is 1. The lowest BCUT2D eigenvalue weighted by Crippen LogP contribution is -2.40. The van der Waals surface area contributed by atoms with Gasteiger partial charge in [-0.3, -0.25) is 14.5 Å². The lowest BCUT2D eigenvalue weighted by molar-refractivity contribution is -0.117. The minimum atomic E-state index is -0.451. The topological polar surface area (TPSA) is 88.4 Å². The van der Waals surface area contributed by atoms with Crippen molar-refractivity contribution in [2.75, 3.05) is 12.3 Å². The molecule has 0 unspecified atom stereocenters. The summed E-state index contributed by atoms with van der Waals surface area (Å²) in [6.45, 7) is 0.549. The Kier molecular flexibility index (Phi) is 6.05. The maximum absolute atomic E-state index is 11.9. The number of nitrogens with one attached hydrogen (secondary N) is 2. The molecule has 7 nitrogen and oxygen atoms in total. The second-order valence-electron chi connectivity index (χ2n) is 5.86. The fourth-order valence-corrected chi connectivity index (χ4v) is 3.45. The first-order valence-electron chi connectivity index (χ1n) is 8.40. The summed E-state index contributed by atoms with van der Waals surface area (Å²) in [4.78, 5) is 23.7. The SMILES string of the molecule is O=C(CSc1nnc2ccccn12)NC(=O)NCCC1=CCCCC1.